The van der Waals surface area contributed by atoms with Crippen molar-refractivity contribution in [2.75, 3.05) is 39.6 Å². The molecule has 17 nitrogen and oxygen atoms in total. The van der Waals surface area contributed by atoms with E-state index in [0.29, 0.717) is 25.7 Å². The molecular formula is C72H140O17P2. The minimum Gasteiger partial charge on any atom is -0.462 e. The Kier molecular flexibility index (Phi) is 62.7. The molecule has 0 heterocycles. The lowest BCUT2D eigenvalue weighted by molar-refractivity contribution is -0.161. The van der Waals surface area contributed by atoms with Crippen molar-refractivity contribution in [3.8, 4) is 0 Å². The van der Waals surface area contributed by atoms with Crippen LogP contribution in [-0.2, 0) is 65.4 Å². The first-order chi connectivity index (χ1) is 43.9. The first kappa shape index (κ1) is 89.1. The average Bonchev–Trinajstić information content (AvgIpc) is 3.74. The van der Waals surface area contributed by atoms with Crippen LogP contribution in [0.3, 0.4) is 0 Å². The van der Waals surface area contributed by atoms with Gasteiger partial charge in [0, 0.05) is 25.7 Å². The summed E-state index contributed by atoms with van der Waals surface area (Å²) in [5.41, 5.74) is 0. The number of phosphoric acid groups is 2. The van der Waals surface area contributed by atoms with E-state index in [1.807, 2.05) is 0 Å². The summed E-state index contributed by atoms with van der Waals surface area (Å²) in [6.45, 7) is 9.56. The summed E-state index contributed by atoms with van der Waals surface area (Å²) in [6, 6.07) is 0. The van der Waals surface area contributed by atoms with E-state index < -0.39 is 97.5 Å². The first-order valence-corrected chi connectivity index (χ1v) is 40.6. The predicted octanol–water partition coefficient (Wildman–Crippen LogP) is 20.8. The van der Waals surface area contributed by atoms with Crippen LogP contribution in [0, 0.1) is 11.8 Å². The van der Waals surface area contributed by atoms with Gasteiger partial charge in [0.25, 0.3) is 0 Å². The molecule has 0 radical (unpaired) electrons. The second kappa shape index (κ2) is 64.1. The van der Waals surface area contributed by atoms with Crippen LogP contribution in [0.25, 0.3) is 0 Å². The molecule has 0 aliphatic rings. The highest BCUT2D eigenvalue weighted by Gasteiger charge is 2.30. The van der Waals surface area contributed by atoms with Crippen LogP contribution >= 0.6 is 15.6 Å². The zero-order valence-corrected chi connectivity index (χ0v) is 60.9. The summed E-state index contributed by atoms with van der Waals surface area (Å²) in [5.74, 6) is -0.524. The first-order valence-electron chi connectivity index (χ1n) is 37.6. The van der Waals surface area contributed by atoms with Crippen molar-refractivity contribution < 1.29 is 80.2 Å². The Bertz CT molecular complexity index is 1770. The summed E-state index contributed by atoms with van der Waals surface area (Å²) >= 11 is 0. The van der Waals surface area contributed by atoms with E-state index >= 15 is 0 Å². The normalized spacial score (nSPS) is 14.7. The maximum absolute atomic E-state index is 13.0. The Labute approximate surface area is 556 Å². The molecule has 0 aliphatic carbocycles. The topological polar surface area (TPSA) is 237 Å². The fourth-order valence-electron chi connectivity index (χ4n) is 10.9. The number of aliphatic hydroxyl groups excluding tert-OH is 1. The van der Waals surface area contributed by atoms with E-state index in [-0.39, 0.29) is 25.7 Å². The van der Waals surface area contributed by atoms with Crippen LogP contribution in [0.5, 0.6) is 0 Å². The molecule has 3 N–H and O–H groups in total. The van der Waals surface area contributed by atoms with Gasteiger partial charge < -0.3 is 33.8 Å². The van der Waals surface area contributed by atoms with Gasteiger partial charge in [-0.05, 0) is 37.5 Å². The van der Waals surface area contributed by atoms with Gasteiger partial charge in [-0.2, -0.15) is 0 Å². The monoisotopic (exact) mass is 1340 g/mol. The quantitative estimate of drug-likeness (QED) is 0.0222. The molecule has 0 bridgehead atoms. The van der Waals surface area contributed by atoms with Crippen LogP contribution in [0.15, 0.2) is 0 Å². The third-order valence-corrected chi connectivity index (χ3v) is 19.3. The third kappa shape index (κ3) is 63.9. The summed E-state index contributed by atoms with van der Waals surface area (Å²) in [4.78, 5) is 72.5. The number of esters is 4. The molecule has 0 spiro atoms. The fourth-order valence-corrected chi connectivity index (χ4v) is 12.5. The van der Waals surface area contributed by atoms with E-state index in [2.05, 4.69) is 41.5 Å². The summed E-state index contributed by atoms with van der Waals surface area (Å²) < 4.78 is 68.2. The van der Waals surface area contributed by atoms with Crippen LogP contribution < -0.4 is 0 Å². The van der Waals surface area contributed by atoms with E-state index in [0.717, 1.165) is 108 Å². The van der Waals surface area contributed by atoms with Gasteiger partial charge in [0.2, 0.25) is 0 Å². The van der Waals surface area contributed by atoms with Gasteiger partial charge in [-0.3, -0.25) is 37.3 Å². The van der Waals surface area contributed by atoms with Gasteiger partial charge >= 0.3 is 39.5 Å². The molecule has 19 heteroatoms. The Morgan fingerprint density at radius 2 is 0.527 bits per heavy atom. The highest BCUT2D eigenvalue weighted by Crippen LogP contribution is 2.45. The SMILES string of the molecule is CCCCCCCCCCCCC(=O)O[C@H](COC(=O)CCCCCCCCCCC)COP(=O)(O)OC[C@H](O)COP(=O)(O)OC[C@@H](COC(=O)CCCCCCCCC(C)CC)OC(=O)CCCCCCCCCCCCCCCCCCCCC(C)CC. The van der Waals surface area contributed by atoms with Gasteiger partial charge in [-0.1, -0.05) is 318 Å². The lowest BCUT2D eigenvalue weighted by atomic mass is 9.99. The van der Waals surface area contributed by atoms with Crippen molar-refractivity contribution in [2.45, 2.75) is 387 Å². The van der Waals surface area contributed by atoms with Crippen molar-refractivity contribution in [1.82, 2.24) is 0 Å². The smallest absolute Gasteiger partial charge is 0.462 e. The number of rotatable bonds is 71. The maximum atomic E-state index is 13.0. The molecule has 540 valence electrons. The third-order valence-electron chi connectivity index (χ3n) is 17.4. The lowest BCUT2D eigenvalue weighted by Crippen LogP contribution is -2.30. The van der Waals surface area contributed by atoms with Gasteiger partial charge in [-0.15, -0.1) is 0 Å². The molecule has 7 atom stereocenters. The van der Waals surface area contributed by atoms with Gasteiger partial charge in [0.05, 0.1) is 26.4 Å². The molecule has 4 unspecified atom stereocenters. The second-order valence-corrected chi connectivity index (χ2v) is 29.4. The number of phosphoric ester groups is 2. The molecule has 0 aliphatic heterocycles. The number of carbonyl (C=O) groups is 4. The number of carbonyl (C=O) groups excluding carboxylic acids is 4. The van der Waals surface area contributed by atoms with E-state index in [9.17, 15) is 43.2 Å². The molecule has 0 amide bonds. The van der Waals surface area contributed by atoms with E-state index in [1.165, 1.54) is 180 Å². The van der Waals surface area contributed by atoms with Gasteiger partial charge in [0.1, 0.15) is 19.3 Å². The highest BCUT2D eigenvalue weighted by molar-refractivity contribution is 7.47. The summed E-state index contributed by atoms with van der Waals surface area (Å²) in [5, 5.41) is 10.6. The predicted molar refractivity (Wildman–Crippen MR) is 368 cm³/mol. The Morgan fingerprint density at radius 3 is 0.780 bits per heavy atom. The Hall–Kier alpha value is -1.94. The zero-order chi connectivity index (χ0) is 67.2. The molecule has 0 fully saturated rings. The van der Waals surface area contributed by atoms with Crippen molar-refractivity contribution in [3.05, 3.63) is 0 Å². The van der Waals surface area contributed by atoms with Gasteiger partial charge in [0.15, 0.2) is 12.2 Å². The van der Waals surface area contributed by atoms with Gasteiger partial charge in [-0.25, -0.2) is 9.13 Å². The minimum absolute atomic E-state index is 0.106. The second-order valence-electron chi connectivity index (χ2n) is 26.5. The summed E-state index contributed by atoms with van der Waals surface area (Å²) in [6.07, 6.45) is 50.1. The molecule has 0 saturated heterocycles. The van der Waals surface area contributed by atoms with Crippen LogP contribution in [0.1, 0.15) is 369 Å². The molecule has 0 aromatic rings. The van der Waals surface area contributed by atoms with Crippen LogP contribution in [0.4, 0.5) is 0 Å². The fraction of sp³-hybridized carbons (Fsp3) is 0.944. The summed E-state index contributed by atoms with van der Waals surface area (Å²) in [7, 11) is -9.90. The number of hydrogen-bond donors (Lipinski definition) is 3. The van der Waals surface area contributed by atoms with Crippen LogP contribution in [-0.4, -0.2) is 96.7 Å². The number of ether oxygens (including phenoxy) is 4. The highest BCUT2D eigenvalue weighted by atomic mass is 31.2. The largest absolute Gasteiger partial charge is 0.472 e. The number of aliphatic hydroxyl groups is 1. The van der Waals surface area contributed by atoms with Crippen molar-refractivity contribution in [1.29, 1.82) is 0 Å². The van der Waals surface area contributed by atoms with Crippen molar-refractivity contribution in [2.24, 2.45) is 11.8 Å². The van der Waals surface area contributed by atoms with Crippen molar-refractivity contribution in [3.63, 3.8) is 0 Å². The zero-order valence-electron chi connectivity index (χ0n) is 59.1. The lowest BCUT2D eigenvalue weighted by Gasteiger charge is -2.21. The molecular weight excluding hydrogens is 1200 g/mol. The van der Waals surface area contributed by atoms with E-state index in [4.69, 9.17) is 37.0 Å². The molecule has 0 saturated carbocycles. The Balaban J connectivity index is 5.13. The van der Waals surface area contributed by atoms with Crippen molar-refractivity contribution >= 4 is 39.5 Å². The number of unbranched alkanes of at least 4 members (excludes halogenated alkanes) is 39. The Morgan fingerprint density at radius 1 is 0.308 bits per heavy atom. The molecule has 0 aromatic heterocycles. The average molecular weight is 1340 g/mol. The minimum atomic E-state index is -4.95. The maximum Gasteiger partial charge on any atom is 0.472 e. The molecule has 0 rings (SSSR count). The molecule has 0 aromatic carbocycles. The van der Waals surface area contributed by atoms with E-state index in [1.54, 1.807) is 0 Å². The number of hydrogen-bond acceptors (Lipinski definition) is 15. The standard InChI is InChI=1S/C72H140O17P2/c1-7-11-13-15-17-19-32-36-44-50-56-71(76)88-67(60-82-69(74)54-48-42-35-30-18-16-14-12-8-2)62-86-90(78,79)84-58-66(73)59-85-91(80,81)87-63-68(61-83-70(75)55-49-43-39-38-41-47-53-65(6)10-4)89-72(77)57-51-45-37-33-29-27-25-23-21-20-22-24-26-28-31-34-40-46-52-64(5)9-3/h64-68,73H,7-63H2,1-6H3,(H,78,79)(H,80,81)/t64?,65?,66-,67+,68+/m0/s1. The molecule has 91 heavy (non-hydrogen) atoms. The van der Waals surface area contributed by atoms with Crippen LogP contribution in [0.2, 0.25) is 0 Å².